The predicted molar refractivity (Wildman–Crippen MR) is 98.0 cm³/mol. The number of halogens is 1. The zero-order valence-corrected chi connectivity index (χ0v) is 15.3. The molecule has 3 heterocycles. The third-order valence-electron chi connectivity index (χ3n) is 4.65. The molecule has 24 heavy (non-hydrogen) atoms. The van der Waals surface area contributed by atoms with Gasteiger partial charge in [-0.3, -0.25) is 0 Å². The molecule has 0 unspecified atom stereocenters. The summed E-state index contributed by atoms with van der Waals surface area (Å²) in [4.78, 5) is 7.91. The predicted octanol–water partition coefficient (Wildman–Crippen LogP) is 3.30. The van der Waals surface area contributed by atoms with Gasteiger partial charge < -0.3 is 19.6 Å². The van der Waals surface area contributed by atoms with Crippen molar-refractivity contribution in [3.8, 4) is 0 Å². The molecule has 0 radical (unpaired) electrons. The monoisotopic (exact) mass is 388 g/mol. The van der Waals surface area contributed by atoms with Crippen molar-refractivity contribution in [2.75, 3.05) is 13.2 Å². The SMILES string of the molecule is Cc1[nH]c2ccc(Br)cc2c1CCNCc1cnc2n1CCOC2. The Balaban J connectivity index is 1.40. The first kappa shape index (κ1) is 15.9. The summed E-state index contributed by atoms with van der Waals surface area (Å²) in [7, 11) is 0. The Morgan fingerprint density at radius 1 is 1.42 bits per heavy atom. The Morgan fingerprint density at radius 2 is 2.33 bits per heavy atom. The van der Waals surface area contributed by atoms with Gasteiger partial charge in [0.25, 0.3) is 0 Å². The lowest BCUT2D eigenvalue weighted by Crippen LogP contribution is -2.23. The summed E-state index contributed by atoms with van der Waals surface area (Å²) in [5.41, 5.74) is 5.09. The third kappa shape index (κ3) is 3.01. The van der Waals surface area contributed by atoms with E-state index in [1.807, 2.05) is 6.20 Å². The molecule has 0 amide bonds. The number of hydrogen-bond acceptors (Lipinski definition) is 3. The molecule has 5 nitrogen and oxygen atoms in total. The summed E-state index contributed by atoms with van der Waals surface area (Å²) in [5.74, 6) is 1.04. The van der Waals surface area contributed by atoms with Crippen LogP contribution in [0, 0.1) is 6.92 Å². The van der Waals surface area contributed by atoms with Gasteiger partial charge in [-0.2, -0.15) is 0 Å². The van der Waals surface area contributed by atoms with Crippen molar-refractivity contribution in [2.24, 2.45) is 0 Å². The lowest BCUT2D eigenvalue weighted by molar-refractivity contribution is 0.0805. The van der Waals surface area contributed by atoms with Gasteiger partial charge in [-0.15, -0.1) is 0 Å². The van der Waals surface area contributed by atoms with Crippen molar-refractivity contribution in [3.05, 3.63) is 51.6 Å². The van der Waals surface area contributed by atoms with Gasteiger partial charge in [-0.05, 0) is 43.7 Å². The van der Waals surface area contributed by atoms with E-state index in [0.717, 1.165) is 43.0 Å². The van der Waals surface area contributed by atoms with Crippen LogP contribution in [0.1, 0.15) is 22.8 Å². The van der Waals surface area contributed by atoms with Crippen molar-refractivity contribution in [3.63, 3.8) is 0 Å². The lowest BCUT2D eigenvalue weighted by atomic mass is 10.1. The van der Waals surface area contributed by atoms with Crippen LogP contribution in [-0.4, -0.2) is 27.7 Å². The normalized spacial score (nSPS) is 14.2. The number of nitrogens with zero attached hydrogens (tertiary/aromatic N) is 2. The molecule has 2 aromatic heterocycles. The Labute approximate surface area is 149 Å². The van der Waals surface area contributed by atoms with Crippen molar-refractivity contribution < 1.29 is 4.74 Å². The summed E-state index contributed by atoms with van der Waals surface area (Å²) in [6.07, 6.45) is 2.97. The van der Waals surface area contributed by atoms with Gasteiger partial charge >= 0.3 is 0 Å². The topological polar surface area (TPSA) is 54.9 Å². The molecule has 0 fully saturated rings. The van der Waals surface area contributed by atoms with Gasteiger partial charge in [-0.1, -0.05) is 15.9 Å². The van der Waals surface area contributed by atoms with Crippen LogP contribution in [-0.2, 0) is 30.9 Å². The van der Waals surface area contributed by atoms with E-state index < -0.39 is 0 Å². The first-order valence-corrected chi connectivity index (χ1v) is 9.10. The Hall–Kier alpha value is -1.63. The first-order chi connectivity index (χ1) is 11.7. The minimum Gasteiger partial charge on any atom is -0.372 e. The number of imidazole rings is 1. The van der Waals surface area contributed by atoms with Crippen LogP contribution in [0.3, 0.4) is 0 Å². The fraction of sp³-hybridized carbons (Fsp3) is 0.389. The number of rotatable bonds is 5. The maximum absolute atomic E-state index is 5.44. The number of H-pyrrole nitrogens is 1. The number of nitrogens with one attached hydrogen (secondary N) is 2. The molecular weight excluding hydrogens is 368 g/mol. The highest BCUT2D eigenvalue weighted by molar-refractivity contribution is 9.10. The van der Waals surface area contributed by atoms with Crippen LogP contribution in [0.5, 0.6) is 0 Å². The summed E-state index contributed by atoms with van der Waals surface area (Å²) in [5, 5.41) is 4.86. The average Bonchev–Trinajstić information content (AvgIpc) is 3.13. The van der Waals surface area contributed by atoms with Gasteiger partial charge in [0.1, 0.15) is 12.4 Å². The molecule has 4 rings (SSSR count). The second-order valence-electron chi connectivity index (χ2n) is 6.22. The van der Waals surface area contributed by atoms with Crippen molar-refractivity contribution >= 4 is 26.8 Å². The van der Waals surface area contributed by atoms with E-state index in [4.69, 9.17) is 4.74 Å². The zero-order valence-electron chi connectivity index (χ0n) is 13.7. The molecule has 0 saturated heterocycles. The fourth-order valence-electron chi connectivity index (χ4n) is 3.41. The number of benzene rings is 1. The van der Waals surface area contributed by atoms with E-state index in [1.165, 1.54) is 27.9 Å². The second kappa shape index (κ2) is 6.70. The van der Waals surface area contributed by atoms with Gasteiger partial charge in [0.2, 0.25) is 0 Å². The molecule has 0 saturated carbocycles. The number of aromatic amines is 1. The molecule has 126 valence electrons. The van der Waals surface area contributed by atoms with E-state index in [1.54, 1.807) is 0 Å². The average molecular weight is 389 g/mol. The van der Waals surface area contributed by atoms with Crippen molar-refractivity contribution in [2.45, 2.75) is 33.0 Å². The molecule has 3 aromatic rings. The van der Waals surface area contributed by atoms with Gasteiger partial charge in [0.15, 0.2) is 0 Å². The Morgan fingerprint density at radius 3 is 3.25 bits per heavy atom. The highest BCUT2D eigenvalue weighted by Crippen LogP contribution is 2.25. The van der Waals surface area contributed by atoms with Crippen molar-refractivity contribution in [1.29, 1.82) is 0 Å². The molecule has 2 N–H and O–H groups in total. The maximum Gasteiger partial charge on any atom is 0.135 e. The summed E-state index contributed by atoms with van der Waals surface area (Å²) >= 11 is 3.57. The lowest BCUT2D eigenvalue weighted by Gasteiger charge is -2.17. The molecule has 0 aliphatic carbocycles. The van der Waals surface area contributed by atoms with Crippen LogP contribution in [0.2, 0.25) is 0 Å². The van der Waals surface area contributed by atoms with Gasteiger partial charge in [-0.25, -0.2) is 4.98 Å². The van der Waals surface area contributed by atoms with E-state index >= 15 is 0 Å². The molecule has 1 aromatic carbocycles. The summed E-state index contributed by atoms with van der Waals surface area (Å²) in [6.45, 7) is 6.25. The number of aryl methyl sites for hydroxylation is 1. The molecular formula is C18H21BrN4O. The Bertz CT molecular complexity index is 867. The fourth-order valence-corrected chi connectivity index (χ4v) is 3.77. The smallest absolute Gasteiger partial charge is 0.135 e. The van der Waals surface area contributed by atoms with Crippen molar-refractivity contribution in [1.82, 2.24) is 19.9 Å². The quantitative estimate of drug-likeness (QED) is 0.659. The van der Waals surface area contributed by atoms with Gasteiger partial charge in [0.05, 0.1) is 12.3 Å². The number of hydrogen-bond donors (Lipinski definition) is 2. The second-order valence-corrected chi connectivity index (χ2v) is 7.13. The minimum atomic E-state index is 0.628. The molecule has 6 heteroatoms. The molecule has 1 aliphatic heterocycles. The molecule has 0 atom stereocenters. The molecule has 0 bridgehead atoms. The standard InChI is InChI=1S/C18H21BrN4O/c1-12-15(16-8-13(19)2-3-17(16)22-12)4-5-20-9-14-10-21-18-11-24-7-6-23(14)18/h2-3,8,10,20,22H,4-7,9,11H2,1H3. The van der Waals surface area contributed by atoms with E-state index in [9.17, 15) is 0 Å². The largest absolute Gasteiger partial charge is 0.372 e. The zero-order chi connectivity index (χ0) is 16.5. The minimum absolute atomic E-state index is 0.628. The number of aromatic nitrogens is 3. The summed E-state index contributed by atoms with van der Waals surface area (Å²) < 4.78 is 8.83. The first-order valence-electron chi connectivity index (χ1n) is 8.31. The van der Waals surface area contributed by atoms with Crippen LogP contribution in [0.4, 0.5) is 0 Å². The third-order valence-corrected chi connectivity index (χ3v) is 5.14. The number of ether oxygens (including phenoxy) is 1. The maximum atomic E-state index is 5.44. The molecule has 1 aliphatic rings. The summed E-state index contributed by atoms with van der Waals surface area (Å²) in [6, 6.07) is 6.40. The highest BCUT2D eigenvalue weighted by Gasteiger charge is 2.14. The van der Waals surface area contributed by atoms with Crippen LogP contribution in [0.25, 0.3) is 10.9 Å². The molecule has 0 spiro atoms. The Kier molecular flexibility index (Phi) is 4.43. The highest BCUT2D eigenvalue weighted by atomic mass is 79.9. The van der Waals surface area contributed by atoms with E-state index in [-0.39, 0.29) is 0 Å². The van der Waals surface area contributed by atoms with Crippen LogP contribution in [0.15, 0.2) is 28.9 Å². The van der Waals surface area contributed by atoms with E-state index in [2.05, 4.69) is 60.9 Å². The van der Waals surface area contributed by atoms with Crippen LogP contribution >= 0.6 is 15.9 Å². The van der Waals surface area contributed by atoms with E-state index in [0.29, 0.717) is 6.61 Å². The number of fused-ring (bicyclic) bond motifs is 2. The van der Waals surface area contributed by atoms with Gasteiger partial charge in [0, 0.05) is 40.4 Å². The van der Waals surface area contributed by atoms with Crippen LogP contribution < -0.4 is 5.32 Å².